The van der Waals surface area contributed by atoms with E-state index in [9.17, 15) is 4.79 Å². The molecule has 0 spiro atoms. The van der Waals surface area contributed by atoms with Crippen molar-refractivity contribution in [2.75, 3.05) is 26.2 Å². The summed E-state index contributed by atoms with van der Waals surface area (Å²) < 4.78 is 5.32. The molecule has 78 valence electrons. The van der Waals surface area contributed by atoms with Crippen LogP contribution in [0.4, 0.5) is 0 Å². The summed E-state index contributed by atoms with van der Waals surface area (Å²) in [5, 5.41) is 8.54. The van der Waals surface area contributed by atoms with Crippen LogP contribution in [0.2, 0.25) is 0 Å². The molecule has 13 heavy (non-hydrogen) atoms. The average Bonchev–Trinajstić information content (AvgIpc) is 2.01. The van der Waals surface area contributed by atoms with Crippen LogP contribution in [0.3, 0.4) is 0 Å². The Labute approximate surface area is 79.5 Å². The number of hydrogen-bond donors (Lipinski definition) is 1. The van der Waals surface area contributed by atoms with E-state index in [-0.39, 0.29) is 12.6 Å². The fourth-order valence-electron chi connectivity index (χ4n) is 0.958. The molecule has 0 aromatic carbocycles. The maximum Gasteiger partial charge on any atom is 0.317 e. The van der Waals surface area contributed by atoms with Gasteiger partial charge in [0.2, 0.25) is 0 Å². The van der Waals surface area contributed by atoms with E-state index >= 15 is 0 Å². The van der Waals surface area contributed by atoms with Crippen LogP contribution in [-0.2, 0) is 9.53 Å². The number of carboxylic acid groups (broad SMARTS) is 1. The van der Waals surface area contributed by atoms with Crippen LogP contribution in [0.25, 0.3) is 0 Å². The molecule has 0 aliphatic rings. The van der Waals surface area contributed by atoms with Gasteiger partial charge < -0.3 is 9.84 Å². The normalized spacial score (nSPS) is 11.2. The Hall–Kier alpha value is -0.610. The molecular weight excluding hydrogens is 170 g/mol. The second-order valence-electron chi connectivity index (χ2n) is 3.18. The molecule has 0 heterocycles. The summed E-state index contributed by atoms with van der Waals surface area (Å²) in [6, 6.07) is 0. The molecule has 0 fully saturated rings. The Morgan fingerprint density at radius 2 is 2.15 bits per heavy atom. The summed E-state index contributed by atoms with van der Waals surface area (Å²) in [7, 11) is 0. The Kier molecular flexibility index (Phi) is 6.54. The molecule has 4 nitrogen and oxygen atoms in total. The van der Waals surface area contributed by atoms with Crippen molar-refractivity contribution < 1.29 is 14.6 Å². The summed E-state index contributed by atoms with van der Waals surface area (Å²) in [5.41, 5.74) is 0. The third-order valence-electron chi connectivity index (χ3n) is 1.66. The lowest BCUT2D eigenvalue weighted by Crippen LogP contribution is -2.33. The summed E-state index contributed by atoms with van der Waals surface area (Å²) in [6.45, 7) is 7.99. The van der Waals surface area contributed by atoms with Crippen LogP contribution in [0.15, 0.2) is 0 Å². The first-order valence-corrected chi connectivity index (χ1v) is 4.62. The number of carboxylic acids is 1. The van der Waals surface area contributed by atoms with Gasteiger partial charge in [-0.15, -0.1) is 0 Å². The minimum Gasteiger partial charge on any atom is -0.480 e. The van der Waals surface area contributed by atoms with Gasteiger partial charge in [-0.1, -0.05) is 6.92 Å². The predicted molar refractivity (Wildman–Crippen MR) is 50.8 cm³/mol. The van der Waals surface area contributed by atoms with Gasteiger partial charge in [-0.05, 0) is 20.4 Å². The van der Waals surface area contributed by atoms with Gasteiger partial charge in [-0.2, -0.15) is 0 Å². The molecule has 0 aromatic rings. The maximum atomic E-state index is 10.4. The summed E-state index contributed by atoms with van der Waals surface area (Å²) >= 11 is 0. The summed E-state index contributed by atoms with van der Waals surface area (Å²) in [4.78, 5) is 12.2. The van der Waals surface area contributed by atoms with E-state index in [1.54, 1.807) is 0 Å². The molecule has 0 saturated carbocycles. The first-order chi connectivity index (χ1) is 6.06. The number of likely N-dealkylation sites (N-methyl/N-ethyl adjacent to an activating group) is 1. The smallest absolute Gasteiger partial charge is 0.317 e. The van der Waals surface area contributed by atoms with Crippen LogP contribution < -0.4 is 0 Å². The third-order valence-corrected chi connectivity index (χ3v) is 1.66. The highest BCUT2D eigenvalue weighted by Crippen LogP contribution is 1.91. The molecule has 0 radical (unpaired) electrons. The number of rotatable bonds is 7. The van der Waals surface area contributed by atoms with E-state index in [1.165, 1.54) is 0 Å². The first kappa shape index (κ1) is 12.4. The average molecular weight is 189 g/mol. The molecule has 0 rings (SSSR count). The fraction of sp³-hybridized carbons (Fsp3) is 0.889. The van der Waals surface area contributed by atoms with Crippen molar-refractivity contribution >= 4 is 5.97 Å². The minimum absolute atomic E-state index is 0.0952. The zero-order valence-corrected chi connectivity index (χ0v) is 8.62. The highest BCUT2D eigenvalue weighted by Gasteiger charge is 2.06. The van der Waals surface area contributed by atoms with E-state index in [1.807, 2.05) is 25.7 Å². The molecule has 0 aliphatic heterocycles. The van der Waals surface area contributed by atoms with Crippen molar-refractivity contribution in [2.45, 2.75) is 26.9 Å². The van der Waals surface area contributed by atoms with Crippen LogP contribution in [-0.4, -0.2) is 48.3 Å². The molecule has 4 heteroatoms. The number of aliphatic carboxylic acids is 1. The Morgan fingerprint density at radius 1 is 1.54 bits per heavy atom. The van der Waals surface area contributed by atoms with Crippen molar-refractivity contribution in [3.63, 3.8) is 0 Å². The zero-order chi connectivity index (χ0) is 10.3. The lowest BCUT2D eigenvalue weighted by molar-refractivity contribution is -0.138. The highest BCUT2D eigenvalue weighted by atomic mass is 16.5. The molecule has 1 N–H and O–H groups in total. The molecule has 0 atom stereocenters. The van der Waals surface area contributed by atoms with Crippen molar-refractivity contribution in [2.24, 2.45) is 0 Å². The van der Waals surface area contributed by atoms with Crippen LogP contribution in [0.5, 0.6) is 0 Å². The van der Waals surface area contributed by atoms with Gasteiger partial charge in [-0.25, -0.2) is 0 Å². The van der Waals surface area contributed by atoms with Gasteiger partial charge in [0.1, 0.15) is 0 Å². The van der Waals surface area contributed by atoms with Crippen LogP contribution >= 0.6 is 0 Å². The van der Waals surface area contributed by atoms with E-state index in [0.717, 1.165) is 6.54 Å². The molecule has 0 unspecified atom stereocenters. The summed E-state index contributed by atoms with van der Waals surface area (Å²) in [6.07, 6.45) is 0.212. The maximum absolute atomic E-state index is 10.4. The van der Waals surface area contributed by atoms with E-state index in [4.69, 9.17) is 9.84 Å². The minimum atomic E-state index is -0.786. The standard InChI is InChI=1S/C9H19NO3/c1-4-10(7-9(11)12)5-6-13-8(2)3/h8H,4-7H2,1-3H3,(H,11,12). The fourth-order valence-corrected chi connectivity index (χ4v) is 0.958. The van der Waals surface area contributed by atoms with Gasteiger partial charge in [0.25, 0.3) is 0 Å². The Bertz CT molecular complexity index is 148. The number of nitrogens with zero attached hydrogens (tertiary/aromatic N) is 1. The second kappa shape index (κ2) is 6.86. The topological polar surface area (TPSA) is 49.8 Å². The van der Waals surface area contributed by atoms with E-state index in [0.29, 0.717) is 13.2 Å². The monoisotopic (exact) mass is 189 g/mol. The van der Waals surface area contributed by atoms with Gasteiger partial charge in [0.05, 0.1) is 19.3 Å². The van der Waals surface area contributed by atoms with E-state index < -0.39 is 5.97 Å². The predicted octanol–water partition coefficient (Wildman–Crippen LogP) is 0.818. The van der Waals surface area contributed by atoms with Crippen molar-refractivity contribution in [3.8, 4) is 0 Å². The highest BCUT2D eigenvalue weighted by molar-refractivity contribution is 5.69. The molecule has 0 aromatic heterocycles. The van der Waals surface area contributed by atoms with Gasteiger partial charge >= 0.3 is 5.97 Å². The van der Waals surface area contributed by atoms with Gasteiger partial charge in [0, 0.05) is 6.54 Å². The number of ether oxygens (including phenoxy) is 1. The van der Waals surface area contributed by atoms with Crippen molar-refractivity contribution in [3.05, 3.63) is 0 Å². The second-order valence-corrected chi connectivity index (χ2v) is 3.18. The quantitative estimate of drug-likeness (QED) is 0.644. The summed E-state index contributed by atoms with van der Waals surface area (Å²) in [5.74, 6) is -0.786. The Morgan fingerprint density at radius 3 is 2.54 bits per heavy atom. The first-order valence-electron chi connectivity index (χ1n) is 4.62. The molecular formula is C9H19NO3. The molecule has 0 saturated heterocycles. The third kappa shape index (κ3) is 7.74. The molecule has 0 aliphatic carbocycles. The number of carbonyl (C=O) groups is 1. The SMILES string of the molecule is CCN(CCOC(C)C)CC(=O)O. The van der Waals surface area contributed by atoms with Gasteiger partial charge in [0.15, 0.2) is 0 Å². The molecule has 0 amide bonds. The van der Waals surface area contributed by atoms with Gasteiger partial charge in [-0.3, -0.25) is 9.69 Å². The number of hydrogen-bond acceptors (Lipinski definition) is 3. The largest absolute Gasteiger partial charge is 0.480 e. The van der Waals surface area contributed by atoms with Crippen molar-refractivity contribution in [1.82, 2.24) is 4.90 Å². The zero-order valence-electron chi connectivity index (χ0n) is 8.62. The lowest BCUT2D eigenvalue weighted by atomic mass is 10.4. The van der Waals surface area contributed by atoms with Crippen LogP contribution in [0.1, 0.15) is 20.8 Å². The Balaban J connectivity index is 3.53. The van der Waals surface area contributed by atoms with Crippen molar-refractivity contribution in [1.29, 1.82) is 0 Å². The lowest BCUT2D eigenvalue weighted by Gasteiger charge is -2.18. The van der Waals surface area contributed by atoms with E-state index in [2.05, 4.69) is 0 Å². The molecule has 0 bridgehead atoms. The van der Waals surface area contributed by atoms with Crippen LogP contribution in [0, 0.1) is 0 Å².